The van der Waals surface area contributed by atoms with E-state index in [2.05, 4.69) is 16.0 Å². The van der Waals surface area contributed by atoms with Crippen molar-refractivity contribution in [1.29, 1.82) is 5.26 Å². The van der Waals surface area contributed by atoms with Crippen LogP contribution in [0.3, 0.4) is 0 Å². The Labute approximate surface area is 213 Å². The molecule has 0 fully saturated rings. The molecule has 0 aliphatic carbocycles. The summed E-state index contributed by atoms with van der Waals surface area (Å²) in [5.74, 6) is -0.500. The summed E-state index contributed by atoms with van der Waals surface area (Å²) in [6.07, 6.45) is 0.475. The number of aliphatic imine (C=N–C) groups is 1. The van der Waals surface area contributed by atoms with Crippen molar-refractivity contribution in [3.8, 4) is 6.07 Å². The van der Waals surface area contributed by atoms with Crippen LogP contribution >= 0.6 is 11.6 Å². The van der Waals surface area contributed by atoms with Gasteiger partial charge in [-0.25, -0.2) is 9.98 Å². The molecular weight excluding hydrogens is 476 g/mol. The fourth-order valence-corrected chi connectivity index (χ4v) is 4.28. The van der Waals surface area contributed by atoms with Gasteiger partial charge in [-0.3, -0.25) is 9.59 Å². The molecule has 0 spiro atoms. The highest BCUT2D eigenvalue weighted by molar-refractivity contribution is 6.69. The Morgan fingerprint density at radius 2 is 1.83 bits per heavy atom. The summed E-state index contributed by atoms with van der Waals surface area (Å²) in [6.45, 7) is 0. The Kier molecular flexibility index (Phi) is 7.57. The molecular formula is C28H23ClN4O3. The van der Waals surface area contributed by atoms with E-state index in [1.807, 2.05) is 48.0 Å². The average Bonchev–Trinajstić information content (AvgIpc) is 3.25. The highest BCUT2D eigenvalue weighted by atomic mass is 35.5. The van der Waals surface area contributed by atoms with Crippen LogP contribution in [0.15, 0.2) is 77.8 Å². The van der Waals surface area contributed by atoms with Gasteiger partial charge in [-0.2, -0.15) is 5.26 Å². The number of halogens is 1. The maximum atomic E-state index is 13.5. The Bertz CT molecular complexity index is 1490. The van der Waals surface area contributed by atoms with E-state index >= 15 is 0 Å². The molecule has 0 saturated heterocycles. The van der Waals surface area contributed by atoms with Crippen LogP contribution in [0.4, 0.5) is 5.69 Å². The van der Waals surface area contributed by atoms with Crippen LogP contribution in [0.5, 0.6) is 0 Å². The van der Waals surface area contributed by atoms with Gasteiger partial charge in [-0.1, -0.05) is 41.9 Å². The number of nitrogens with zero attached hydrogens (tertiary/aromatic N) is 4. The normalized spacial score (nSPS) is 12.2. The lowest BCUT2D eigenvalue weighted by atomic mass is 9.87. The van der Waals surface area contributed by atoms with E-state index < -0.39 is 5.92 Å². The minimum Gasteiger partial charge on any atom is -0.469 e. The number of esters is 1. The minimum absolute atomic E-state index is 0.100. The quantitative estimate of drug-likeness (QED) is 0.177. The summed E-state index contributed by atoms with van der Waals surface area (Å²) in [5.41, 5.74) is 3.85. The third-order valence-corrected chi connectivity index (χ3v) is 6.21. The molecule has 36 heavy (non-hydrogen) atoms. The number of aromatic nitrogens is 2. The van der Waals surface area contributed by atoms with Gasteiger partial charge in [0, 0.05) is 24.9 Å². The number of hydrogen-bond donors (Lipinski definition) is 0. The smallest absolute Gasteiger partial charge is 0.305 e. The fraction of sp³-hybridized carbons (Fsp3) is 0.179. The molecule has 1 heterocycles. The molecule has 4 aromatic rings. The zero-order valence-electron chi connectivity index (χ0n) is 19.8. The molecule has 4 rings (SSSR count). The second-order valence-electron chi connectivity index (χ2n) is 8.20. The fourth-order valence-electron chi connectivity index (χ4n) is 4.01. The Morgan fingerprint density at radius 1 is 1.11 bits per heavy atom. The second kappa shape index (κ2) is 11.0. The van der Waals surface area contributed by atoms with Gasteiger partial charge in [0.25, 0.3) is 0 Å². The zero-order valence-corrected chi connectivity index (χ0v) is 20.6. The van der Waals surface area contributed by atoms with Crippen molar-refractivity contribution in [2.75, 3.05) is 7.11 Å². The Balaban J connectivity index is 1.66. The molecule has 0 radical (unpaired) electrons. The average molecular weight is 499 g/mol. The SMILES string of the molecule is COC(=O)CCC(C(=O)c1ccc2c(c1)nc(C(Cl)=Nc1ccc(C#N)cc1)n2C)c1ccccc1. The van der Waals surface area contributed by atoms with Crippen LogP contribution in [0.25, 0.3) is 11.0 Å². The van der Waals surface area contributed by atoms with E-state index in [-0.39, 0.29) is 23.3 Å². The number of carbonyl (C=O) groups is 2. The van der Waals surface area contributed by atoms with Crippen LogP contribution in [0.2, 0.25) is 0 Å². The summed E-state index contributed by atoms with van der Waals surface area (Å²) in [7, 11) is 3.16. The number of aryl methyl sites for hydroxylation is 1. The first kappa shape index (κ1) is 24.8. The molecule has 7 nitrogen and oxygen atoms in total. The highest BCUT2D eigenvalue weighted by Gasteiger charge is 2.24. The van der Waals surface area contributed by atoms with E-state index in [4.69, 9.17) is 21.6 Å². The van der Waals surface area contributed by atoms with Crippen molar-refractivity contribution in [1.82, 2.24) is 9.55 Å². The van der Waals surface area contributed by atoms with Gasteiger partial charge in [0.05, 0.1) is 35.5 Å². The van der Waals surface area contributed by atoms with Crippen molar-refractivity contribution in [2.24, 2.45) is 12.0 Å². The maximum Gasteiger partial charge on any atom is 0.305 e. The topological polar surface area (TPSA) is 97.3 Å². The number of ketones is 1. The largest absolute Gasteiger partial charge is 0.469 e. The number of methoxy groups -OCH3 is 1. The molecule has 8 heteroatoms. The van der Waals surface area contributed by atoms with Gasteiger partial charge >= 0.3 is 5.97 Å². The number of carbonyl (C=O) groups excluding carboxylic acids is 2. The summed E-state index contributed by atoms with van der Waals surface area (Å²) in [6, 6.07) is 23.5. The first-order chi connectivity index (χ1) is 17.4. The number of benzene rings is 3. The van der Waals surface area contributed by atoms with Gasteiger partial charge in [0.1, 0.15) is 0 Å². The number of imidazole rings is 1. The summed E-state index contributed by atoms with van der Waals surface area (Å²) in [5, 5.41) is 9.15. The van der Waals surface area contributed by atoms with Gasteiger partial charge in [0.15, 0.2) is 16.8 Å². The first-order valence-corrected chi connectivity index (χ1v) is 11.7. The van der Waals surface area contributed by atoms with Crippen molar-refractivity contribution in [3.05, 3.63) is 95.3 Å². The predicted octanol–water partition coefficient (Wildman–Crippen LogP) is 5.68. The third kappa shape index (κ3) is 5.35. The molecule has 0 N–H and O–H groups in total. The Morgan fingerprint density at radius 3 is 2.50 bits per heavy atom. The molecule has 3 aromatic carbocycles. The molecule has 0 bridgehead atoms. The van der Waals surface area contributed by atoms with Crippen molar-refractivity contribution in [3.63, 3.8) is 0 Å². The lowest BCUT2D eigenvalue weighted by Crippen LogP contribution is -2.15. The summed E-state index contributed by atoms with van der Waals surface area (Å²) >= 11 is 6.50. The molecule has 180 valence electrons. The molecule has 0 aliphatic heterocycles. The second-order valence-corrected chi connectivity index (χ2v) is 8.56. The number of nitriles is 1. The molecule has 0 saturated carbocycles. The van der Waals surface area contributed by atoms with Crippen LogP contribution in [0.1, 0.15) is 46.1 Å². The molecule has 0 amide bonds. The van der Waals surface area contributed by atoms with Gasteiger partial charge in [0.2, 0.25) is 0 Å². The number of rotatable bonds is 8. The first-order valence-electron chi connectivity index (χ1n) is 11.3. The highest BCUT2D eigenvalue weighted by Crippen LogP contribution is 2.28. The zero-order chi connectivity index (χ0) is 25.7. The van der Waals surface area contributed by atoms with E-state index in [1.165, 1.54) is 7.11 Å². The lowest BCUT2D eigenvalue weighted by Gasteiger charge is -2.16. The van der Waals surface area contributed by atoms with Gasteiger partial charge < -0.3 is 9.30 Å². The van der Waals surface area contributed by atoms with Crippen molar-refractivity contribution < 1.29 is 14.3 Å². The number of fused-ring (bicyclic) bond motifs is 1. The molecule has 1 unspecified atom stereocenters. The van der Waals surface area contributed by atoms with Crippen LogP contribution in [-0.4, -0.2) is 33.6 Å². The van der Waals surface area contributed by atoms with E-state index in [1.54, 1.807) is 36.4 Å². The summed E-state index contributed by atoms with van der Waals surface area (Å²) in [4.78, 5) is 34.4. The van der Waals surface area contributed by atoms with E-state index in [0.717, 1.165) is 11.1 Å². The van der Waals surface area contributed by atoms with Crippen LogP contribution in [0, 0.1) is 11.3 Å². The lowest BCUT2D eigenvalue weighted by molar-refractivity contribution is -0.140. The van der Waals surface area contributed by atoms with Crippen LogP contribution < -0.4 is 0 Å². The molecule has 1 aromatic heterocycles. The van der Waals surface area contributed by atoms with Gasteiger partial charge in [-0.05, 0) is 54.4 Å². The minimum atomic E-state index is -0.493. The number of Topliss-reactive ketones (excluding diaryl/α,β-unsaturated/α-hetero) is 1. The third-order valence-electron chi connectivity index (χ3n) is 5.96. The number of hydrogen-bond acceptors (Lipinski definition) is 6. The van der Waals surface area contributed by atoms with Crippen molar-refractivity contribution in [2.45, 2.75) is 18.8 Å². The number of ether oxygens (including phenoxy) is 1. The molecule has 1 atom stereocenters. The molecule has 0 aliphatic rings. The van der Waals surface area contributed by atoms with Crippen LogP contribution in [-0.2, 0) is 16.6 Å². The van der Waals surface area contributed by atoms with Gasteiger partial charge in [-0.15, -0.1) is 0 Å². The predicted molar refractivity (Wildman–Crippen MR) is 139 cm³/mol. The summed E-state index contributed by atoms with van der Waals surface area (Å²) < 4.78 is 6.58. The van der Waals surface area contributed by atoms with Crippen molar-refractivity contribution >= 4 is 45.2 Å². The van der Waals surface area contributed by atoms with E-state index in [9.17, 15) is 9.59 Å². The Hall–Kier alpha value is -4.28. The van der Waals surface area contributed by atoms with E-state index in [0.29, 0.717) is 34.6 Å². The maximum absolute atomic E-state index is 13.5. The standard InChI is InChI=1S/C28H23ClN4O3/c1-33-24-14-10-20(26(35)22(13-15-25(34)36-2)19-6-4-3-5-7-19)16-23(24)32-28(33)27(29)31-21-11-8-18(17-30)9-12-21/h3-12,14,16,22H,13,15H2,1-2H3. The monoisotopic (exact) mass is 498 g/mol.